The quantitative estimate of drug-likeness (QED) is 0.144. The summed E-state index contributed by atoms with van der Waals surface area (Å²) in [4.78, 5) is 13.2. The molecule has 248 valence electrons. The fraction of sp³-hybridized carbons (Fsp3) is 0.114. The summed E-state index contributed by atoms with van der Waals surface area (Å²) in [5.74, 6) is 1.18. The summed E-state index contributed by atoms with van der Waals surface area (Å²) in [6.07, 6.45) is 0. The van der Waals surface area contributed by atoms with Crippen LogP contribution in [0, 0.1) is 6.92 Å². The van der Waals surface area contributed by atoms with Gasteiger partial charge in [0.05, 0.1) is 35.4 Å². The van der Waals surface area contributed by atoms with Gasteiger partial charge in [-0.15, -0.1) is 0 Å². The second-order valence-corrected chi connectivity index (χ2v) is 14.0. The molecule has 2 N–H and O–H groups in total. The van der Waals surface area contributed by atoms with E-state index in [4.69, 9.17) is 14.2 Å². The Balaban J connectivity index is 1.34. The molecular weight excluding hydrogens is 655 g/mol. The average molecular weight is 688 g/mol. The number of sulfonamides is 2. The highest BCUT2D eigenvalue weighted by Crippen LogP contribution is 2.32. The lowest BCUT2D eigenvalue weighted by molar-refractivity contribution is -0.114. The van der Waals surface area contributed by atoms with Crippen molar-refractivity contribution in [3.05, 3.63) is 127 Å². The van der Waals surface area contributed by atoms with Gasteiger partial charge in [0.1, 0.15) is 29.5 Å². The van der Waals surface area contributed by atoms with E-state index in [-0.39, 0.29) is 26.9 Å². The highest BCUT2D eigenvalue weighted by atomic mass is 32.2. The van der Waals surface area contributed by atoms with Crippen LogP contribution < -0.4 is 28.6 Å². The lowest BCUT2D eigenvalue weighted by Crippen LogP contribution is -2.38. The molecule has 0 aliphatic rings. The first-order chi connectivity index (χ1) is 23.0. The molecule has 0 unspecified atom stereocenters. The Kier molecular flexibility index (Phi) is 10.2. The van der Waals surface area contributed by atoms with Crippen molar-refractivity contribution < 1.29 is 35.8 Å². The smallest absolute Gasteiger partial charge is 0.264 e. The van der Waals surface area contributed by atoms with Crippen LogP contribution in [-0.2, 0) is 24.8 Å². The van der Waals surface area contributed by atoms with Gasteiger partial charge in [0.2, 0.25) is 5.91 Å². The number of carbonyl (C=O) groups excluding carboxylic acids is 1. The molecule has 1 amide bonds. The summed E-state index contributed by atoms with van der Waals surface area (Å²) >= 11 is 0. The van der Waals surface area contributed by atoms with Crippen LogP contribution in [0.1, 0.15) is 5.56 Å². The van der Waals surface area contributed by atoms with Crippen LogP contribution in [0.15, 0.2) is 131 Å². The molecule has 0 heterocycles. The Labute approximate surface area is 279 Å². The number of aryl methyl sites for hydroxylation is 1. The summed E-state index contributed by atoms with van der Waals surface area (Å²) in [5.41, 5.74) is 1.57. The molecule has 11 nitrogen and oxygen atoms in total. The Morgan fingerprint density at radius 3 is 1.92 bits per heavy atom. The Bertz CT molecular complexity index is 2090. The van der Waals surface area contributed by atoms with Crippen LogP contribution in [-0.4, -0.2) is 43.5 Å². The third-order valence-electron chi connectivity index (χ3n) is 7.10. The number of para-hydroxylation sites is 1. The maximum absolute atomic E-state index is 13.8. The van der Waals surface area contributed by atoms with Gasteiger partial charge in [-0.1, -0.05) is 35.9 Å². The number of carbonyl (C=O) groups is 1. The van der Waals surface area contributed by atoms with Gasteiger partial charge in [0.15, 0.2) is 0 Å². The van der Waals surface area contributed by atoms with E-state index in [0.29, 0.717) is 23.0 Å². The highest BCUT2D eigenvalue weighted by molar-refractivity contribution is 7.93. The molecule has 0 saturated heterocycles. The standard InChI is InChI=1S/C35H33N3O8S2/c1-25-9-18-32(19-10-25)48(42,43)38(27-13-15-29(16-14-27)46-28-7-5-4-6-8-28)24-35(39)36-26-11-20-31(21-12-26)47(40,41)37-33-23-30(44-2)17-22-34(33)45-3/h4-23,37H,24H2,1-3H3,(H,36,39). The Morgan fingerprint density at radius 2 is 1.29 bits per heavy atom. The van der Waals surface area contributed by atoms with Crippen molar-refractivity contribution in [2.24, 2.45) is 0 Å². The van der Waals surface area contributed by atoms with Gasteiger partial charge in [-0.25, -0.2) is 16.8 Å². The summed E-state index contributed by atoms with van der Waals surface area (Å²) in [6, 6.07) is 31.9. The summed E-state index contributed by atoms with van der Waals surface area (Å²) < 4.78 is 73.7. The van der Waals surface area contributed by atoms with Crippen LogP contribution in [0.25, 0.3) is 0 Å². The van der Waals surface area contributed by atoms with Crippen molar-refractivity contribution in [3.8, 4) is 23.0 Å². The molecule has 5 aromatic carbocycles. The summed E-state index contributed by atoms with van der Waals surface area (Å²) in [7, 11) is -5.34. The van der Waals surface area contributed by atoms with Crippen LogP contribution in [0.4, 0.5) is 17.1 Å². The van der Waals surface area contributed by atoms with Crippen molar-refractivity contribution in [1.82, 2.24) is 0 Å². The van der Waals surface area contributed by atoms with Gasteiger partial charge in [-0.05, 0) is 91.9 Å². The number of benzene rings is 5. The fourth-order valence-corrected chi connectivity index (χ4v) is 7.09. The minimum absolute atomic E-state index is 0.0141. The van der Waals surface area contributed by atoms with Gasteiger partial charge in [0, 0.05) is 11.8 Å². The van der Waals surface area contributed by atoms with E-state index in [1.165, 1.54) is 56.7 Å². The van der Waals surface area contributed by atoms with Crippen LogP contribution in [0.2, 0.25) is 0 Å². The second kappa shape index (κ2) is 14.5. The molecular formula is C35H33N3O8S2. The highest BCUT2D eigenvalue weighted by Gasteiger charge is 2.27. The summed E-state index contributed by atoms with van der Waals surface area (Å²) in [5, 5.41) is 2.66. The van der Waals surface area contributed by atoms with E-state index < -0.39 is 32.5 Å². The van der Waals surface area contributed by atoms with Gasteiger partial charge in [0.25, 0.3) is 20.0 Å². The van der Waals surface area contributed by atoms with E-state index in [1.54, 1.807) is 60.7 Å². The molecule has 0 aliphatic heterocycles. The predicted molar refractivity (Wildman–Crippen MR) is 184 cm³/mol. The van der Waals surface area contributed by atoms with Crippen molar-refractivity contribution in [2.45, 2.75) is 16.7 Å². The van der Waals surface area contributed by atoms with E-state index in [1.807, 2.05) is 25.1 Å². The maximum atomic E-state index is 13.8. The largest absolute Gasteiger partial charge is 0.497 e. The molecule has 0 radical (unpaired) electrons. The third-order valence-corrected chi connectivity index (χ3v) is 10.3. The zero-order valence-corrected chi connectivity index (χ0v) is 27.9. The zero-order valence-electron chi connectivity index (χ0n) is 26.3. The lowest BCUT2D eigenvalue weighted by Gasteiger charge is -2.24. The second-order valence-electron chi connectivity index (χ2n) is 10.5. The molecule has 13 heteroatoms. The number of amides is 1. The zero-order chi connectivity index (χ0) is 34.3. The molecule has 0 bridgehead atoms. The molecule has 48 heavy (non-hydrogen) atoms. The van der Waals surface area contributed by atoms with Crippen molar-refractivity contribution >= 4 is 43.0 Å². The van der Waals surface area contributed by atoms with Crippen molar-refractivity contribution in [3.63, 3.8) is 0 Å². The van der Waals surface area contributed by atoms with Gasteiger partial charge in [-0.3, -0.25) is 13.8 Å². The number of nitrogens with one attached hydrogen (secondary N) is 2. The van der Waals surface area contributed by atoms with Gasteiger partial charge < -0.3 is 19.5 Å². The van der Waals surface area contributed by atoms with Gasteiger partial charge >= 0.3 is 0 Å². The van der Waals surface area contributed by atoms with Crippen molar-refractivity contribution in [1.29, 1.82) is 0 Å². The minimum Gasteiger partial charge on any atom is -0.497 e. The van der Waals surface area contributed by atoms with E-state index >= 15 is 0 Å². The number of methoxy groups -OCH3 is 2. The molecule has 0 saturated carbocycles. The van der Waals surface area contributed by atoms with Gasteiger partial charge in [-0.2, -0.15) is 0 Å². The molecule has 5 rings (SSSR count). The van der Waals surface area contributed by atoms with E-state index in [0.717, 1.165) is 9.87 Å². The summed E-state index contributed by atoms with van der Waals surface area (Å²) in [6.45, 7) is 1.28. The molecule has 0 aromatic heterocycles. The lowest BCUT2D eigenvalue weighted by atomic mass is 10.2. The Hall–Kier alpha value is -5.53. The number of ether oxygens (including phenoxy) is 3. The van der Waals surface area contributed by atoms with Crippen LogP contribution in [0.5, 0.6) is 23.0 Å². The number of hydrogen-bond donors (Lipinski definition) is 2. The van der Waals surface area contributed by atoms with Crippen molar-refractivity contribution in [2.75, 3.05) is 35.1 Å². The SMILES string of the molecule is COc1ccc(OC)c(NS(=O)(=O)c2ccc(NC(=O)CN(c3ccc(Oc4ccccc4)cc3)S(=O)(=O)c3ccc(C)cc3)cc2)c1. The number of nitrogens with zero attached hydrogens (tertiary/aromatic N) is 1. The van der Waals surface area contributed by atoms with Crippen LogP contribution in [0.3, 0.4) is 0 Å². The fourth-order valence-electron chi connectivity index (χ4n) is 4.60. The monoisotopic (exact) mass is 687 g/mol. The number of anilines is 3. The van der Waals surface area contributed by atoms with E-state index in [9.17, 15) is 21.6 Å². The normalized spacial score (nSPS) is 11.3. The number of hydrogen-bond acceptors (Lipinski definition) is 8. The molecule has 0 aliphatic carbocycles. The average Bonchev–Trinajstić information content (AvgIpc) is 3.08. The maximum Gasteiger partial charge on any atom is 0.264 e. The van der Waals surface area contributed by atoms with E-state index in [2.05, 4.69) is 10.0 Å². The Morgan fingerprint density at radius 1 is 0.688 bits per heavy atom. The first-order valence-electron chi connectivity index (χ1n) is 14.6. The molecule has 0 atom stereocenters. The topological polar surface area (TPSA) is 140 Å². The van der Waals surface area contributed by atoms with Crippen LogP contribution >= 0.6 is 0 Å². The molecule has 5 aromatic rings. The number of rotatable bonds is 13. The molecule has 0 spiro atoms. The first-order valence-corrected chi connectivity index (χ1v) is 17.5. The minimum atomic E-state index is -4.17. The first kappa shape index (κ1) is 33.8. The predicted octanol–water partition coefficient (Wildman–Crippen LogP) is 6.44. The molecule has 0 fully saturated rings. The third kappa shape index (κ3) is 8.06.